The zero-order valence-electron chi connectivity index (χ0n) is 13.9. The Hall–Kier alpha value is -3.39. The van der Waals surface area contributed by atoms with Crippen molar-refractivity contribution in [2.45, 2.75) is 13.3 Å². The molecule has 3 rings (SSSR count). The van der Waals surface area contributed by atoms with Gasteiger partial charge < -0.3 is 5.11 Å². The number of hydrogen-bond acceptors (Lipinski definition) is 4. The second kappa shape index (κ2) is 6.25. The highest BCUT2D eigenvalue weighted by Crippen LogP contribution is 2.25. The van der Waals surface area contributed by atoms with E-state index in [4.69, 9.17) is 0 Å². The van der Waals surface area contributed by atoms with Gasteiger partial charge in [-0.25, -0.2) is 0 Å². The van der Waals surface area contributed by atoms with Gasteiger partial charge in [0.15, 0.2) is 5.78 Å². The van der Waals surface area contributed by atoms with Crippen molar-refractivity contribution >= 4 is 16.6 Å². The Morgan fingerprint density at radius 2 is 1.88 bits per heavy atom. The monoisotopic (exact) mass is 332 g/mol. The summed E-state index contributed by atoms with van der Waals surface area (Å²) in [7, 11) is 1.34. The molecule has 0 unspecified atom stereocenters. The molecule has 0 fully saturated rings. The van der Waals surface area contributed by atoms with Gasteiger partial charge in [0.2, 0.25) is 5.88 Å². The van der Waals surface area contributed by atoms with Crippen LogP contribution in [0.2, 0.25) is 0 Å². The van der Waals surface area contributed by atoms with Crippen molar-refractivity contribution in [2.75, 3.05) is 0 Å². The molecule has 0 spiro atoms. The summed E-state index contributed by atoms with van der Waals surface area (Å²) in [5.74, 6) is -0.745. The quantitative estimate of drug-likeness (QED) is 0.748. The summed E-state index contributed by atoms with van der Waals surface area (Å²) < 4.78 is 0.932. The number of fused-ring (bicyclic) bond motifs is 1. The maximum Gasteiger partial charge on any atom is 0.271 e. The number of nitriles is 1. The number of rotatable bonds is 3. The van der Waals surface area contributed by atoms with Crippen molar-refractivity contribution in [1.82, 2.24) is 4.57 Å². The fraction of sp³-hybridized carbons (Fsp3) is 0.150. The van der Waals surface area contributed by atoms with Crippen molar-refractivity contribution in [3.05, 3.63) is 75.1 Å². The van der Waals surface area contributed by atoms with Crippen molar-refractivity contribution < 1.29 is 9.90 Å². The average Bonchev–Trinajstić information content (AvgIpc) is 2.61. The minimum Gasteiger partial charge on any atom is -0.494 e. The Balaban J connectivity index is 2.12. The van der Waals surface area contributed by atoms with Crippen LogP contribution in [0.3, 0.4) is 0 Å². The fourth-order valence-corrected chi connectivity index (χ4v) is 3.06. The van der Waals surface area contributed by atoms with Crippen LogP contribution in [0, 0.1) is 18.3 Å². The number of Topliss-reactive ketones (excluding diaryl/α,β-unsaturated/α-hetero) is 1. The average molecular weight is 332 g/mol. The normalized spacial score (nSPS) is 10.6. The molecule has 124 valence electrons. The van der Waals surface area contributed by atoms with Crippen LogP contribution in [0.5, 0.6) is 5.88 Å². The lowest BCUT2D eigenvalue weighted by atomic mass is 9.95. The molecule has 5 nitrogen and oxygen atoms in total. The van der Waals surface area contributed by atoms with E-state index >= 15 is 0 Å². The number of carbonyl (C=O) groups is 1. The molecule has 1 aromatic heterocycles. The third-order valence-corrected chi connectivity index (χ3v) is 4.43. The zero-order chi connectivity index (χ0) is 18.1. The van der Waals surface area contributed by atoms with Gasteiger partial charge in [0, 0.05) is 13.5 Å². The third-order valence-electron chi connectivity index (χ3n) is 4.43. The van der Waals surface area contributed by atoms with Crippen LogP contribution in [0.1, 0.15) is 27.0 Å². The van der Waals surface area contributed by atoms with Crippen LogP contribution in [0.15, 0.2) is 47.3 Å². The number of ketones is 1. The number of pyridine rings is 1. The molecule has 3 aromatic rings. The summed E-state index contributed by atoms with van der Waals surface area (Å²) in [5.41, 5.74) is 0.329. The van der Waals surface area contributed by atoms with E-state index in [1.54, 1.807) is 0 Å². The van der Waals surface area contributed by atoms with Crippen LogP contribution in [0.4, 0.5) is 0 Å². The zero-order valence-corrected chi connectivity index (χ0v) is 13.9. The number of carbonyl (C=O) groups excluding carboxylic acids is 1. The standard InChI is InChI=1S/C20H16N2O3/c1-12-16(11-21)19(24)22(2)20(25)18(12)17(23)10-14-8-5-7-13-6-3-4-9-15(13)14/h3-9,25H,10H2,1-2H3. The highest BCUT2D eigenvalue weighted by atomic mass is 16.3. The second-order valence-corrected chi connectivity index (χ2v) is 5.91. The summed E-state index contributed by atoms with van der Waals surface area (Å²) >= 11 is 0. The highest BCUT2D eigenvalue weighted by molar-refractivity contribution is 6.03. The molecule has 0 atom stereocenters. The van der Waals surface area contributed by atoms with Gasteiger partial charge in [0.05, 0.1) is 5.56 Å². The molecule has 2 aromatic carbocycles. The van der Waals surface area contributed by atoms with E-state index in [1.165, 1.54) is 14.0 Å². The molecule has 0 aliphatic rings. The number of hydrogen-bond donors (Lipinski definition) is 1. The molecule has 0 radical (unpaired) electrons. The molecule has 1 heterocycles. The molecular formula is C20H16N2O3. The summed E-state index contributed by atoms with van der Waals surface area (Å²) in [6.45, 7) is 1.51. The lowest BCUT2D eigenvalue weighted by Crippen LogP contribution is -2.24. The Morgan fingerprint density at radius 3 is 2.60 bits per heavy atom. The van der Waals surface area contributed by atoms with Gasteiger partial charge in [-0.3, -0.25) is 14.2 Å². The maximum atomic E-state index is 12.8. The van der Waals surface area contributed by atoms with Gasteiger partial charge >= 0.3 is 0 Å². The Labute approximate surface area is 144 Å². The second-order valence-electron chi connectivity index (χ2n) is 5.91. The lowest BCUT2D eigenvalue weighted by Gasteiger charge is -2.13. The van der Waals surface area contributed by atoms with Gasteiger partial charge in [-0.1, -0.05) is 42.5 Å². The first-order chi connectivity index (χ1) is 12.0. The first-order valence-electron chi connectivity index (χ1n) is 7.78. The van der Waals surface area contributed by atoms with Crippen LogP contribution >= 0.6 is 0 Å². The molecular weight excluding hydrogens is 316 g/mol. The number of aromatic nitrogens is 1. The minimum atomic E-state index is -0.612. The van der Waals surface area contributed by atoms with Crippen molar-refractivity contribution in [3.63, 3.8) is 0 Å². The van der Waals surface area contributed by atoms with Gasteiger partial charge in [-0.2, -0.15) is 5.26 Å². The fourth-order valence-electron chi connectivity index (χ4n) is 3.06. The largest absolute Gasteiger partial charge is 0.494 e. The summed E-state index contributed by atoms with van der Waals surface area (Å²) in [6.07, 6.45) is 0.0683. The minimum absolute atomic E-state index is 0.0200. The smallest absolute Gasteiger partial charge is 0.271 e. The Kier molecular flexibility index (Phi) is 4.12. The van der Waals surface area contributed by atoms with E-state index in [9.17, 15) is 20.0 Å². The first-order valence-corrected chi connectivity index (χ1v) is 7.78. The van der Waals surface area contributed by atoms with Crippen LogP contribution < -0.4 is 5.56 Å². The third kappa shape index (κ3) is 2.68. The first kappa shape index (κ1) is 16.5. The molecule has 0 aliphatic carbocycles. The van der Waals surface area contributed by atoms with Crippen LogP contribution in [-0.4, -0.2) is 15.5 Å². The molecule has 0 amide bonds. The predicted molar refractivity (Wildman–Crippen MR) is 94.8 cm³/mol. The van der Waals surface area contributed by atoms with E-state index < -0.39 is 11.4 Å². The van der Waals surface area contributed by atoms with E-state index in [0.717, 1.165) is 20.9 Å². The van der Waals surface area contributed by atoms with Crippen LogP contribution in [-0.2, 0) is 13.5 Å². The SMILES string of the molecule is Cc1c(C(=O)Cc2cccc3ccccc23)c(O)n(C)c(=O)c1C#N. The van der Waals surface area contributed by atoms with Gasteiger partial charge in [0.1, 0.15) is 11.6 Å². The van der Waals surface area contributed by atoms with E-state index in [-0.39, 0.29) is 28.9 Å². The number of aromatic hydroxyl groups is 1. The molecule has 1 N–H and O–H groups in total. The molecule has 0 aliphatic heterocycles. The summed E-state index contributed by atoms with van der Waals surface area (Å²) in [4.78, 5) is 24.9. The van der Waals surface area contributed by atoms with Gasteiger partial charge in [-0.05, 0) is 28.8 Å². The molecule has 0 saturated carbocycles. The van der Waals surface area contributed by atoms with Crippen molar-refractivity contribution in [3.8, 4) is 11.9 Å². The highest BCUT2D eigenvalue weighted by Gasteiger charge is 2.23. The topological polar surface area (TPSA) is 83.1 Å². The Bertz CT molecular complexity index is 1100. The van der Waals surface area contributed by atoms with Gasteiger partial charge in [0.25, 0.3) is 5.56 Å². The van der Waals surface area contributed by atoms with E-state index in [0.29, 0.717) is 0 Å². The molecule has 5 heteroatoms. The van der Waals surface area contributed by atoms with Gasteiger partial charge in [-0.15, -0.1) is 0 Å². The van der Waals surface area contributed by atoms with Crippen molar-refractivity contribution in [2.24, 2.45) is 7.05 Å². The molecule has 25 heavy (non-hydrogen) atoms. The lowest BCUT2D eigenvalue weighted by molar-refractivity contribution is 0.0988. The summed E-state index contributed by atoms with van der Waals surface area (Å²) in [5, 5.41) is 21.4. The van der Waals surface area contributed by atoms with E-state index in [2.05, 4.69) is 0 Å². The number of nitrogens with zero attached hydrogens (tertiary/aromatic N) is 2. The molecule has 0 saturated heterocycles. The maximum absolute atomic E-state index is 12.8. The molecule has 0 bridgehead atoms. The summed E-state index contributed by atoms with van der Waals surface area (Å²) in [6, 6.07) is 15.3. The van der Waals surface area contributed by atoms with Crippen LogP contribution in [0.25, 0.3) is 10.8 Å². The predicted octanol–water partition coefficient (Wildman–Crippen LogP) is 2.85. The number of benzene rings is 2. The van der Waals surface area contributed by atoms with E-state index in [1.807, 2.05) is 48.5 Å². The van der Waals surface area contributed by atoms with Crippen molar-refractivity contribution in [1.29, 1.82) is 5.26 Å². The Morgan fingerprint density at radius 1 is 1.20 bits per heavy atom.